The van der Waals surface area contributed by atoms with Gasteiger partial charge in [0.2, 0.25) is 0 Å². The molecule has 0 aliphatic carbocycles. The van der Waals surface area contributed by atoms with Gasteiger partial charge in [-0.2, -0.15) is 0 Å². The Morgan fingerprint density at radius 1 is 1.44 bits per heavy atom. The molecule has 0 saturated carbocycles. The van der Waals surface area contributed by atoms with Crippen LogP contribution in [0.5, 0.6) is 0 Å². The third-order valence-corrected chi connectivity index (χ3v) is 3.28. The zero-order chi connectivity index (χ0) is 13.1. The smallest absolute Gasteiger partial charge is 0.150 e. The number of hydrogen-bond donors (Lipinski definition) is 1. The Balaban J connectivity index is 2.40. The molecule has 92 valence electrons. The Morgan fingerprint density at radius 3 is 2.89 bits per heavy atom. The van der Waals surface area contributed by atoms with Crippen LogP contribution in [0, 0.1) is 0 Å². The van der Waals surface area contributed by atoms with Gasteiger partial charge >= 0.3 is 0 Å². The van der Waals surface area contributed by atoms with Gasteiger partial charge in [0.15, 0.2) is 5.82 Å². The van der Waals surface area contributed by atoms with Crippen LogP contribution in [0.3, 0.4) is 0 Å². The van der Waals surface area contributed by atoms with Crippen LogP contribution in [0.4, 0.5) is 11.5 Å². The summed E-state index contributed by atoms with van der Waals surface area (Å²) in [5.41, 5.74) is 7.42. The summed E-state index contributed by atoms with van der Waals surface area (Å²) in [6.45, 7) is 0. The molecular formula is C12H11BrN4S. The Morgan fingerprint density at radius 2 is 2.22 bits per heavy atom. The van der Waals surface area contributed by atoms with Gasteiger partial charge < -0.3 is 10.6 Å². The van der Waals surface area contributed by atoms with Crippen LogP contribution in [-0.4, -0.2) is 22.0 Å². The second kappa shape index (κ2) is 5.41. The highest BCUT2D eigenvalue weighted by Crippen LogP contribution is 2.28. The molecule has 0 aliphatic rings. The van der Waals surface area contributed by atoms with Crippen molar-refractivity contribution in [2.24, 2.45) is 5.73 Å². The summed E-state index contributed by atoms with van der Waals surface area (Å²) in [6, 6.07) is 7.69. The van der Waals surface area contributed by atoms with E-state index in [0.29, 0.717) is 4.99 Å². The number of halogens is 1. The van der Waals surface area contributed by atoms with Crippen LogP contribution in [0.1, 0.15) is 5.56 Å². The SMILES string of the molecule is CN(c1cccc(C(N)=S)c1)c1ncncc1Br. The van der Waals surface area contributed by atoms with Crippen LogP contribution < -0.4 is 10.6 Å². The van der Waals surface area contributed by atoms with Crippen molar-refractivity contribution < 1.29 is 0 Å². The fourth-order valence-electron chi connectivity index (χ4n) is 1.54. The maximum Gasteiger partial charge on any atom is 0.150 e. The van der Waals surface area contributed by atoms with E-state index in [1.54, 1.807) is 6.20 Å². The fourth-order valence-corrected chi connectivity index (χ4v) is 2.16. The minimum absolute atomic E-state index is 0.381. The molecule has 0 fully saturated rings. The molecule has 0 spiro atoms. The van der Waals surface area contributed by atoms with Crippen LogP contribution in [0.25, 0.3) is 0 Å². The predicted molar refractivity (Wildman–Crippen MR) is 80.1 cm³/mol. The minimum Gasteiger partial charge on any atom is -0.389 e. The average Bonchev–Trinajstić information content (AvgIpc) is 2.38. The molecule has 0 unspecified atom stereocenters. The third-order valence-electron chi connectivity index (χ3n) is 2.48. The van der Waals surface area contributed by atoms with Gasteiger partial charge in [0.05, 0.1) is 4.47 Å². The molecule has 18 heavy (non-hydrogen) atoms. The molecule has 1 heterocycles. The predicted octanol–water partition coefficient (Wildman–Crippen LogP) is 2.64. The van der Waals surface area contributed by atoms with Gasteiger partial charge in [0.1, 0.15) is 11.3 Å². The normalized spacial score (nSPS) is 10.1. The van der Waals surface area contributed by atoms with E-state index in [2.05, 4.69) is 25.9 Å². The second-order valence-electron chi connectivity index (χ2n) is 3.67. The number of aromatic nitrogens is 2. The monoisotopic (exact) mass is 322 g/mol. The van der Waals surface area contributed by atoms with Crippen molar-refractivity contribution >= 4 is 44.6 Å². The van der Waals surface area contributed by atoms with Gasteiger partial charge in [0, 0.05) is 24.5 Å². The van der Waals surface area contributed by atoms with Crippen LogP contribution in [0.2, 0.25) is 0 Å². The van der Waals surface area contributed by atoms with Crippen molar-refractivity contribution in [1.29, 1.82) is 0 Å². The van der Waals surface area contributed by atoms with E-state index in [9.17, 15) is 0 Å². The lowest BCUT2D eigenvalue weighted by molar-refractivity contribution is 1.07. The first-order valence-corrected chi connectivity index (χ1v) is 6.39. The Kier molecular flexibility index (Phi) is 3.88. The van der Waals surface area contributed by atoms with Crippen molar-refractivity contribution in [1.82, 2.24) is 9.97 Å². The molecule has 2 aromatic rings. The van der Waals surface area contributed by atoms with Gasteiger partial charge in [0.25, 0.3) is 0 Å². The highest BCUT2D eigenvalue weighted by atomic mass is 79.9. The first-order chi connectivity index (χ1) is 8.59. The lowest BCUT2D eigenvalue weighted by atomic mass is 10.2. The first-order valence-electron chi connectivity index (χ1n) is 5.18. The van der Waals surface area contributed by atoms with Crippen molar-refractivity contribution in [3.05, 3.63) is 46.8 Å². The van der Waals surface area contributed by atoms with Gasteiger partial charge in [-0.05, 0) is 28.1 Å². The highest BCUT2D eigenvalue weighted by molar-refractivity contribution is 9.10. The van der Waals surface area contributed by atoms with Crippen LogP contribution in [0.15, 0.2) is 41.3 Å². The lowest BCUT2D eigenvalue weighted by Gasteiger charge is -2.19. The molecule has 0 atom stereocenters. The van der Waals surface area contributed by atoms with Crippen molar-refractivity contribution in [2.45, 2.75) is 0 Å². The number of benzene rings is 1. The van der Waals surface area contributed by atoms with E-state index >= 15 is 0 Å². The average molecular weight is 323 g/mol. The zero-order valence-corrected chi connectivity index (χ0v) is 12.1. The van der Waals surface area contributed by atoms with E-state index in [-0.39, 0.29) is 0 Å². The molecule has 2 N–H and O–H groups in total. The Bertz CT molecular complexity index is 588. The van der Waals surface area contributed by atoms with Crippen molar-refractivity contribution in [3.63, 3.8) is 0 Å². The zero-order valence-electron chi connectivity index (χ0n) is 9.67. The standard InChI is InChI=1S/C12H11BrN4S/c1-17(12-10(13)6-15-7-16-12)9-4-2-3-8(5-9)11(14)18/h2-7H,1H3,(H2,14,18). The summed E-state index contributed by atoms with van der Waals surface area (Å²) in [7, 11) is 1.92. The van der Waals surface area contributed by atoms with Crippen molar-refractivity contribution in [2.75, 3.05) is 11.9 Å². The van der Waals surface area contributed by atoms with E-state index in [4.69, 9.17) is 18.0 Å². The molecule has 0 saturated heterocycles. The van der Waals surface area contributed by atoms with Crippen LogP contribution >= 0.6 is 28.1 Å². The highest BCUT2D eigenvalue weighted by Gasteiger charge is 2.10. The summed E-state index contributed by atoms with van der Waals surface area (Å²) in [6.07, 6.45) is 3.21. The van der Waals surface area contributed by atoms with Crippen LogP contribution in [-0.2, 0) is 0 Å². The summed E-state index contributed by atoms with van der Waals surface area (Å²) in [4.78, 5) is 10.5. The maximum absolute atomic E-state index is 5.63. The molecule has 0 aliphatic heterocycles. The molecule has 1 aromatic carbocycles. The number of nitrogens with zero attached hydrogens (tertiary/aromatic N) is 3. The number of rotatable bonds is 3. The quantitative estimate of drug-likeness (QED) is 0.880. The Hall–Kier alpha value is -1.53. The van der Waals surface area contributed by atoms with Gasteiger partial charge in [-0.15, -0.1) is 0 Å². The lowest BCUT2D eigenvalue weighted by Crippen LogP contribution is -2.14. The molecule has 2 rings (SSSR count). The topological polar surface area (TPSA) is 55.0 Å². The molecule has 0 radical (unpaired) electrons. The number of hydrogen-bond acceptors (Lipinski definition) is 4. The largest absolute Gasteiger partial charge is 0.389 e. The van der Waals surface area contributed by atoms with E-state index in [1.165, 1.54) is 6.33 Å². The molecule has 4 nitrogen and oxygen atoms in total. The molecule has 6 heteroatoms. The molecular weight excluding hydrogens is 312 g/mol. The molecule has 0 amide bonds. The summed E-state index contributed by atoms with van der Waals surface area (Å²) >= 11 is 8.40. The summed E-state index contributed by atoms with van der Waals surface area (Å²) < 4.78 is 0.827. The van der Waals surface area contributed by atoms with E-state index in [1.807, 2.05) is 36.2 Å². The fraction of sp³-hybridized carbons (Fsp3) is 0.0833. The number of nitrogens with two attached hydrogens (primary N) is 1. The maximum atomic E-state index is 5.63. The second-order valence-corrected chi connectivity index (χ2v) is 4.96. The summed E-state index contributed by atoms with van der Waals surface area (Å²) in [5.74, 6) is 0.782. The third kappa shape index (κ3) is 2.65. The van der Waals surface area contributed by atoms with Gasteiger partial charge in [-0.3, -0.25) is 0 Å². The van der Waals surface area contributed by atoms with E-state index < -0.39 is 0 Å². The minimum atomic E-state index is 0.381. The van der Waals surface area contributed by atoms with Gasteiger partial charge in [-0.25, -0.2) is 9.97 Å². The summed E-state index contributed by atoms with van der Waals surface area (Å²) in [5, 5.41) is 0. The molecule has 1 aromatic heterocycles. The van der Waals surface area contributed by atoms with E-state index in [0.717, 1.165) is 21.5 Å². The van der Waals surface area contributed by atoms with Gasteiger partial charge in [-0.1, -0.05) is 24.4 Å². The van der Waals surface area contributed by atoms with Crippen molar-refractivity contribution in [3.8, 4) is 0 Å². The number of thiocarbonyl (C=S) groups is 1. The Labute approximate surface area is 119 Å². The molecule has 0 bridgehead atoms. The number of anilines is 2. The first kappa shape index (κ1) is 12.9.